The van der Waals surface area contributed by atoms with E-state index in [9.17, 15) is 14.0 Å². The number of nitrogen functional groups attached to an aromatic ring is 1. The number of benzene rings is 2. The predicted octanol–water partition coefficient (Wildman–Crippen LogP) is 3.81. The smallest absolute Gasteiger partial charge is 0.345 e. The standard InChI is InChI=1S/C32H32FN11O3/c1-42(31(46)43-20-36-18-40-43)15-3-10-32(11-13-35-14-12-32)44-29-26(28(34)38-19-39-29)27(41-44)22-6-4-21(5-7-22)17-37-30(45)24-16-23(33)8-9-25(24)47-2/h4-9,11,13-14,16,18-20H,3,10,12,15,17H2,1-2H3,(H,37,45)(H2,34,38,39). The Morgan fingerprint density at radius 2 is 1.98 bits per heavy atom. The summed E-state index contributed by atoms with van der Waals surface area (Å²) in [5, 5.41) is 12.4. The number of amides is 2. The Morgan fingerprint density at radius 1 is 1.15 bits per heavy atom. The van der Waals surface area contributed by atoms with Gasteiger partial charge in [-0.3, -0.25) is 9.79 Å². The molecule has 1 atom stereocenters. The number of allylic oxidation sites excluding steroid dienone is 1. The molecule has 3 aromatic heterocycles. The molecular formula is C32H32FN11O3. The number of carbonyl (C=O) groups excluding carboxylic acids is 2. The Balaban J connectivity index is 1.24. The van der Waals surface area contributed by atoms with Gasteiger partial charge in [-0.05, 0) is 42.7 Å². The molecule has 0 spiro atoms. The highest BCUT2D eigenvalue weighted by atomic mass is 19.1. The maximum Gasteiger partial charge on any atom is 0.345 e. The minimum atomic E-state index is -0.627. The van der Waals surface area contributed by atoms with Crippen molar-refractivity contribution in [3.05, 3.63) is 90.7 Å². The lowest BCUT2D eigenvalue weighted by atomic mass is 9.88. The van der Waals surface area contributed by atoms with Gasteiger partial charge in [0, 0.05) is 44.5 Å². The zero-order valence-electron chi connectivity index (χ0n) is 25.7. The van der Waals surface area contributed by atoms with Gasteiger partial charge < -0.3 is 20.7 Å². The second-order valence-electron chi connectivity index (χ2n) is 11.0. The van der Waals surface area contributed by atoms with E-state index in [1.807, 2.05) is 41.2 Å². The highest BCUT2D eigenvalue weighted by molar-refractivity contribution is 5.99. The van der Waals surface area contributed by atoms with E-state index in [0.29, 0.717) is 48.4 Å². The number of nitrogens with zero attached hydrogens (tertiary/aromatic N) is 9. The molecule has 240 valence electrons. The molecule has 0 aliphatic carbocycles. The molecule has 4 heterocycles. The van der Waals surface area contributed by atoms with Crippen LogP contribution in [0.2, 0.25) is 0 Å². The Kier molecular flexibility index (Phi) is 8.69. The first-order valence-corrected chi connectivity index (χ1v) is 14.8. The average molecular weight is 638 g/mol. The van der Waals surface area contributed by atoms with Crippen LogP contribution in [-0.2, 0) is 12.1 Å². The molecular weight excluding hydrogens is 605 g/mol. The molecule has 1 aliphatic heterocycles. The summed E-state index contributed by atoms with van der Waals surface area (Å²) in [6.07, 6.45) is 11.5. The van der Waals surface area contributed by atoms with Crippen LogP contribution in [0.4, 0.5) is 15.0 Å². The van der Waals surface area contributed by atoms with Gasteiger partial charge in [-0.15, -0.1) is 0 Å². The number of anilines is 1. The average Bonchev–Trinajstić information content (AvgIpc) is 3.78. The first-order chi connectivity index (χ1) is 22.8. The Labute approximate surface area is 268 Å². The topological polar surface area (TPSA) is 171 Å². The summed E-state index contributed by atoms with van der Waals surface area (Å²) in [6.45, 7) is 0.679. The van der Waals surface area contributed by atoms with E-state index >= 15 is 0 Å². The van der Waals surface area contributed by atoms with Gasteiger partial charge in [0.2, 0.25) is 0 Å². The van der Waals surface area contributed by atoms with Crippen LogP contribution >= 0.6 is 0 Å². The Hall–Kier alpha value is -5.99. The van der Waals surface area contributed by atoms with E-state index in [4.69, 9.17) is 15.6 Å². The van der Waals surface area contributed by atoms with E-state index in [0.717, 1.165) is 17.2 Å². The SMILES string of the molecule is COc1ccc(F)cc1C(=O)NCc1ccc(-c2nn(C3(CCCN(C)C(=O)n4cncn4)C=CN=CC3)c3ncnc(N)c23)cc1. The van der Waals surface area contributed by atoms with Gasteiger partial charge in [0.15, 0.2) is 5.65 Å². The number of hydrogen-bond donors (Lipinski definition) is 2. The Morgan fingerprint density at radius 3 is 2.70 bits per heavy atom. The van der Waals surface area contributed by atoms with Crippen molar-refractivity contribution < 1.29 is 18.7 Å². The lowest BCUT2D eigenvalue weighted by Gasteiger charge is -2.32. The number of aromatic nitrogens is 7. The summed E-state index contributed by atoms with van der Waals surface area (Å²) in [5.41, 5.74) is 8.66. The van der Waals surface area contributed by atoms with Crippen LogP contribution in [-0.4, -0.2) is 78.3 Å². The molecule has 47 heavy (non-hydrogen) atoms. The van der Waals surface area contributed by atoms with E-state index in [-0.39, 0.29) is 23.9 Å². The van der Waals surface area contributed by atoms with Crippen molar-refractivity contribution in [2.75, 3.05) is 26.4 Å². The van der Waals surface area contributed by atoms with Crippen molar-refractivity contribution >= 4 is 35.0 Å². The molecule has 1 unspecified atom stereocenters. The third kappa shape index (κ3) is 6.27. The molecule has 0 bridgehead atoms. The van der Waals surface area contributed by atoms with Crippen LogP contribution in [0.3, 0.4) is 0 Å². The number of fused-ring (bicyclic) bond motifs is 1. The highest BCUT2D eigenvalue weighted by Crippen LogP contribution is 2.38. The van der Waals surface area contributed by atoms with E-state index in [2.05, 4.69) is 30.4 Å². The minimum Gasteiger partial charge on any atom is -0.496 e. The molecule has 0 fully saturated rings. The van der Waals surface area contributed by atoms with E-state index in [1.54, 1.807) is 18.1 Å². The van der Waals surface area contributed by atoms with Crippen molar-refractivity contribution in [1.29, 1.82) is 0 Å². The van der Waals surface area contributed by atoms with Crippen molar-refractivity contribution in [1.82, 2.24) is 44.7 Å². The number of aliphatic imine (C=N–C) groups is 1. The summed E-state index contributed by atoms with van der Waals surface area (Å²) in [6, 6.07) is 11.0. The van der Waals surface area contributed by atoms with Gasteiger partial charge in [0.05, 0.1) is 23.6 Å². The number of nitrogens with one attached hydrogen (secondary N) is 1. The van der Waals surface area contributed by atoms with Gasteiger partial charge in [-0.25, -0.2) is 28.8 Å². The number of halogens is 1. The van der Waals surface area contributed by atoms with Crippen LogP contribution < -0.4 is 15.8 Å². The number of carbonyl (C=O) groups is 2. The molecule has 6 rings (SSSR count). The third-order valence-corrected chi connectivity index (χ3v) is 8.07. The normalized spacial score (nSPS) is 15.6. The van der Waals surface area contributed by atoms with Gasteiger partial charge in [0.1, 0.15) is 42.1 Å². The largest absolute Gasteiger partial charge is 0.496 e. The quantitative estimate of drug-likeness (QED) is 0.231. The molecule has 3 N–H and O–H groups in total. The second kappa shape index (κ2) is 13.2. The molecule has 1 aliphatic rings. The fraction of sp³-hybridized carbons (Fsp3) is 0.250. The van der Waals surface area contributed by atoms with Gasteiger partial charge in [-0.1, -0.05) is 24.3 Å². The number of methoxy groups -OCH3 is 1. The summed E-state index contributed by atoms with van der Waals surface area (Å²) >= 11 is 0. The fourth-order valence-electron chi connectivity index (χ4n) is 5.57. The second-order valence-corrected chi connectivity index (χ2v) is 11.0. The maximum atomic E-state index is 13.8. The van der Waals surface area contributed by atoms with Gasteiger partial charge >= 0.3 is 6.03 Å². The van der Waals surface area contributed by atoms with Crippen molar-refractivity contribution in [3.63, 3.8) is 0 Å². The van der Waals surface area contributed by atoms with Crippen molar-refractivity contribution in [2.45, 2.75) is 31.3 Å². The lowest BCUT2D eigenvalue weighted by molar-refractivity contribution is 0.0947. The van der Waals surface area contributed by atoms with E-state index < -0.39 is 17.3 Å². The summed E-state index contributed by atoms with van der Waals surface area (Å²) in [7, 11) is 3.15. The number of hydrogen-bond acceptors (Lipinski definition) is 10. The third-order valence-electron chi connectivity index (χ3n) is 8.07. The summed E-state index contributed by atoms with van der Waals surface area (Å²) < 4.78 is 22.0. The maximum absolute atomic E-state index is 13.8. The van der Waals surface area contributed by atoms with Crippen LogP contribution in [0.1, 0.15) is 35.2 Å². The van der Waals surface area contributed by atoms with E-state index in [1.165, 1.54) is 42.9 Å². The number of nitrogens with two attached hydrogens (primary N) is 1. The molecule has 0 saturated carbocycles. The van der Waals surface area contributed by atoms with Crippen LogP contribution in [0.25, 0.3) is 22.3 Å². The van der Waals surface area contributed by atoms with Crippen LogP contribution in [0, 0.1) is 5.82 Å². The summed E-state index contributed by atoms with van der Waals surface area (Å²) in [5.74, 6) is -0.411. The molecule has 0 saturated heterocycles. The first-order valence-electron chi connectivity index (χ1n) is 14.8. The van der Waals surface area contributed by atoms with Crippen molar-refractivity contribution in [3.8, 4) is 17.0 Å². The first kappa shape index (κ1) is 31.0. The predicted molar refractivity (Wildman–Crippen MR) is 172 cm³/mol. The number of ether oxygens (including phenoxy) is 1. The lowest BCUT2D eigenvalue weighted by Crippen LogP contribution is -2.37. The fourth-order valence-corrected chi connectivity index (χ4v) is 5.57. The Bertz CT molecular complexity index is 1970. The zero-order valence-corrected chi connectivity index (χ0v) is 25.7. The minimum absolute atomic E-state index is 0.112. The monoisotopic (exact) mass is 637 g/mol. The molecule has 0 radical (unpaired) electrons. The molecule has 2 aromatic carbocycles. The van der Waals surface area contributed by atoms with Crippen LogP contribution in [0.5, 0.6) is 5.75 Å². The zero-order chi connectivity index (χ0) is 33.0. The number of rotatable bonds is 10. The van der Waals surface area contributed by atoms with Crippen LogP contribution in [0.15, 0.2) is 78.7 Å². The van der Waals surface area contributed by atoms with Gasteiger partial charge in [0.25, 0.3) is 5.91 Å². The molecule has 2 amide bonds. The molecule has 14 nitrogen and oxygen atoms in total. The molecule has 15 heteroatoms. The van der Waals surface area contributed by atoms with Gasteiger partial charge in [-0.2, -0.15) is 14.9 Å². The van der Waals surface area contributed by atoms with Crippen molar-refractivity contribution in [2.24, 2.45) is 4.99 Å². The highest BCUT2D eigenvalue weighted by Gasteiger charge is 2.34. The summed E-state index contributed by atoms with van der Waals surface area (Å²) in [4.78, 5) is 44.0. The molecule has 5 aromatic rings.